The molecule has 5 nitrogen and oxygen atoms in total. The molecular weight excluding hydrogens is 286 g/mol. The Bertz CT molecular complexity index is 729. The Balaban J connectivity index is 2.58. The molecular formula is C15H19N3O2S. The fourth-order valence-electron chi connectivity index (χ4n) is 2.24. The van der Waals surface area contributed by atoms with E-state index in [1.165, 1.54) is 4.31 Å². The van der Waals surface area contributed by atoms with Gasteiger partial charge in [0, 0.05) is 6.54 Å². The maximum Gasteiger partial charge on any atom is 0.266 e. The molecule has 0 aliphatic rings. The van der Waals surface area contributed by atoms with E-state index in [4.69, 9.17) is 5.84 Å². The molecule has 0 aliphatic carbocycles. The van der Waals surface area contributed by atoms with E-state index in [0.717, 1.165) is 5.56 Å². The highest BCUT2D eigenvalue weighted by Crippen LogP contribution is 2.29. The van der Waals surface area contributed by atoms with Crippen molar-refractivity contribution in [2.75, 3.05) is 16.3 Å². The number of hydrazine groups is 1. The second-order valence-corrected chi connectivity index (χ2v) is 6.43. The van der Waals surface area contributed by atoms with E-state index in [9.17, 15) is 8.42 Å². The monoisotopic (exact) mass is 305 g/mol. The molecule has 0 unspecified atom stereocenters. The van der Waals surface area contributed by atoms with Gasteiger partial charge in [-0.05, 0) is 37.6 Å². The smallest absolute Gasteiger partial charge is 0.266 e. The third kappa shape index (κ3) is 2.86. The first kappa shape index (κ1) is 15.3. The van der Waals surface area contributed by atoms with Crippen molar-refractivity contribution in [2.45, 2.75) is 18.7 Å². The van der Waals surface area contributed by atoms with Crippen LogP contribution >= 0.6 is 0 Å². The molecule has 2 aromatic carbocycles. The summed E-state index contributed by atoms with van der Waals surface area (Å²) in [6.07, 6.45) is 0. The van der Waals surface area contributed by atoms with Gasteiger partial charge in [-0.25, -0.2) is 8.42 Å². The van der Waals surface area contributed by atoms with Crippen LogP contribution in [0.3, 0.4) is 0 Å². The van der Waals surface area contributed by atoms with E-state index in [1.54, 1.807) is 30.3 Å². The van der Waals surface area contributed by atoms with Crippen molar-refractivity contribution in [3.05, 3.63) is 54.1 Å². The molecule has 0 fully saturated rings. The second kappa shape index (κ2) is 6.15. The summed E-state index contributed by atoms with van der Waals surface area (Å²) in [4.78, 5) is 0.164. The molecule has 0 heterocycles. The molecule has 0 aromatic heterocycles. The van der Waals surface area contributed by atoms with Gasteiger partial charge in [0.25, 0.3) is 10.0 Å². The summed E-state index contributed by atoms with van der Waals surface area (Å²) in [6.45, 7) is 4.04. The lowest BCUT2D eigenvalue weighted by atomic mass is 10.2. The first-order valence-corrected chi connectivity index (χ1v) is 8.10. The molecule has 0 amide bonds. The van der Waals surface area contributed by atoms with Crippen molar-refractivity contribution in [3.63, 3.8) is 0 Å². The predicted octanol–water partition coefficient (Wildman–Crippen LogP) is 2.50. The zero-order valence-corrected chi connectivity index (χ0v) is 12.9. The molecule has 0 radical (unpaired) electrons. The van der Waals surface area contributed by atoms with Gasteiger partial charge in [-0.1, -0.05) is 30.3 Å². The lowest BCUT2D eigenvalue weighted by molar-refractivity contribution is 0.592. The minimum Gasteiger partial charge on any atom is -0.323 e. The van der Waals surface area contributed by atoms with E-state index in [2.05, 4.69) is 5.43 Å². The largest absolute Gasteiger partial charge is 0.323 e. The molecule has 0 spiro atoms. The molecule has 0 saturated carbocycles. The van der Waals surface area contributed by atoms with Crippen LogP contribution in [0.25, 0.3) is 0 Å². The van der Waals surface area contributed by atoms with Gasteiger partial charge >= 0.3 is 0 Å². The fraction of sp³-hybridized carbons (Fsp3) is 0.200. The van der Waals surface area contributed by atoms with Crippen molar-refractivity contribution in [2.24, 2.45) is 5.84 Å². The Hall–Kier alpha value is -2.05. The van der Waals surface area contributed by atoms with E-state index in [0.29, 0.717) is 17.9 Å². The van der Waals surface area contributed by atoms with Gasteiger partial charge in [-0.3, -0.25) is 10.1 Å². The summed E-state index contributed by atoms with van der Waals surface area (Å²) >= 11 is 0. The van der Waals surface area contributed by atoms with Crippen molar-refractivity contribution >= 4 is 21.4 Å². The lowest BCUT2D eigenvalue weighted by Crippen LogP contribution is -2.32. The first-order valence-electron chi connectivity index (χ1n) is 6.66. The van der Waals surface area contributed by atoms with E-state index in [1.807, 2.05) is 32.0 Å². The summed E-state index contributed by atoms with van der Waals surface area (Å²) in [5.41, 5.74) is 4.40. The summed E-state index contributed by atoms with van der Waals surface area (Å²) in [6, 6.07) is 14.0. The standard InChI is InChI=1S/C15H19N3O2S/c1-3-18(14-10-6-4-8-12(14)2)21(19,20)15-11-7-5-9-13(15)17-16/h4-11,17H,3,16H2,1-2H3. The minimum absolute atomic E-state index is 0.164. The predicted molar refractivity (Wildman–Crippen MR) is 85.6 cm³/mol. The zero-order chi connectivity index (χ0) is 15.5. The number of nitrogen functional groups attached to an aromatic ring is 1. The second-order valence-electron chi connectivity index (χ2n) is 4.60. The Morgan fingerprint density at radius 2 is 1.71 bits per heavy atom. The normalized spacial score (nSPS) is 11.2. The van der Waals surface area contributed by atoms with Crippen LogP contribution in [0, 0.1) is 6.92 Å². The molecule has 3 N–H and O–H groups in total. The van der Waals surface area contributed by atoms with E-state index >= 15 is 0 Å². The number of rotatable bonds is 5. The Morgan fingerprint density at radius 1 is 1.10 bits per heavy atom. The number of aryl methyl sites for hydroxylation is 1. The molecule has 6 heteroatoms. The fourth-order valence-corrected chi connectivity index (χ4v) is 3.94. The van der Waals surface area contributed by atoms with Gasteiger partial charge in [-0.2, -0.15) is 0 Å². The van der Waals surface area contributed by atoms with Gasteiger partial charge < -0.3 is 5.43 Å². The molecule has 0 bridgehead atoms. The number of hydrogen-bond acceptors (Lipinski definition) is 4. The first-order chi connectivity index (χ1) is 10.0. The van der Waals surface area contributed by atoms with Crippen LogP contribution in [0.4, 0.5) is 11.4 Å². The van der Waals surface area contributed by atoms with Gasteiger partial charge in [-0.15, -0.1) is 0 Å². The van der Waals surface area contributed by atoms with E-state index < -0.39 is 10.0 Å². The highest BCUT2D eigenvalue weighted by molar-refractivity contribution is 7.93. The number of nitrogens with one attached hydrogen (secondary N) is 1. The van der Waals surface area contributed by atoms with Crippen molar-refractivity contribution in [1.82, 2.24) is 0 Å². The molecule has 112 valence electrons. The van der Waals surface area contributed by atoms with Crippen LogP contribution in [0.2, 0.25) is 0 Å². The molecule has 21 heavy (non-hydrogen) atoms. The van der Waals surface area contributed by atoms with Crippen molar-refractivity contribution < 1.29 is 8.42 Å². The SMILES string of the molecule is CCN(c1ccccc1C)S(=O)(=O)c1ccccc1NN. The molecule has 0 atom stereocenters. The van der Waals surface area contributed by atoms with Crippen LogP contribution in [-0.4, -0.2) is 15.0 Å². The molecule has 2 aromatic rings. The van der Waals surface area contributed by atoms with Crippen LogP contribution in [0.1, 0.15) is 12.5 Å². The van der Waals surface area contributed by atoms with Crippen LogP contribution in [0.5, 0.6) is 0 Å². The Morgan fingerprint density at radius 3 is 2.33 bits per heavy atom. The highest BCUT2D eigenvalue weighted by atomic mass is 32.2. The van der Waals surface area contributed by atoms with E-state index in [-0.39, 0.29) is 4.90 Å². The van der Waals surface area contributed by atoms with Gasteiger partial charge in [0.1, 0.15) is 4.90 Å². The number of hydrogen-bond donors (Lipinski definition) is 2. The van der Waals surface area contributed by atoms with Crippen LogP contribution < -0.4 is 15.6 Å². The number of sulfonamides is 1. The maximum absolute atomic E-state index is 12.9. The third-order valence-corrected chi connectivity index (χ3v) is 5.23. The minimum atomic E-state index is -3.68. The van der Waals surface area contributed by atoms with Gasteiger partial charge in [0.05, 0.1) is 11.4 Å². The third-order valence-electron chi connectivity index (χ3n) is 3.28. The quantitative estimate of drug-likeness (QED) is 0.657. The highest BCUT2D eigenvalue weighted by Gasteiger charge is 2.26. The maximum atomic E-state index is 12.9. The van der Waals surface area contributed by atoms with Crippen LogP contribution in [-0.2, 0) is 10.0 Å². The van der Waals surface area contributed by atoms with Crippen LogP contribution in [0.15, 0.2) is 53.4 Å². The number of anilines is 2. The summed E-state index contributed by atoms with van der Waals surface area (Å²) in [5.74, 6) is 5.42. The Kier molecular flexibility index (Phi) is 4.50. The van der Waals surface area contributed by atoms with Crippen molar-refractivity contribution in [1.29, 1.82) is 0 Å². The molecule has 0 saturated heterocycles. The number of nitrogens with two attached hydrogens (primary N) is 1. The Labute approximate surface area is 125 Å². The summed E-state index contributed by atoms with van der Waals surface area (Å²) in [7, 11) is -3.68. The topological polar surface area (TPSA) is 75.4 Å². The van der Waals surface area contributed by atoms with Crippen molar-refractivity contribution in [3.8, 4) is 0 Å². The van der Waals surface area contributed by atoms with Gasteiger partial charge in [0.15, 0.2) is 0 Å². The zero-order valence-electron chi connectivity index (χ0n) is 12.1. The number of benzene rings is 2. The number of para-hydroxylation sites is 2. The average Bonchev–Trinajstić information content (AvgIpc) is 2.49. The lowest BCUT2D eigenvalue weighted by Gasteiger charge is -2.25. The summed E-state index contributed by atoms with van der Waals surface area (Å²) in [5, 5.41) is 0. The molecule has 2 rings (SSSR count). The molecule has 0 aliphatic heterocycles. The summed E-state index contributed by atoms with van der Waals surface area (Å²) < 4.78 is 27.2. The number of nitrogens with zero attached hydrogens (tertiary/aromatic N) is 1. The van der Waals surface area contributed by atoms with Gasteiger partial charge in [0.2, 0.25) is 0 Å². The average molecular weight is 305 g/mol.